The van der Waals surface area contributed by atoms with E-state index in [1.165, 1.54) is 24.0 Å². The van der Waals surface area contributed by atoms with Gasteiger partial charge in [-0.15, -0.1) is 0 Å². The maximum Gasteiger partial charge on any atom is 0.116 e. The van der Waals surface area contributed by atoms with E-state index in [0.29, 0.717) is 5.92 Å². The molecule has 0 spiro atoms. The van der Waals surface area contributed by atoms with E-state index in [1.54, 1.807) is 0 Å². The molecule has 0 bridgehead atoms. The summed E-state index contributed by atoms with van der Waals surface area (Å²) in [5.74, 6) is 0.664. The molecule has 0 saturated carbocycles. The summed E-state index contributed by atoms with van der Waals surface area (Å²) in [5.41, 5.74) is 6.49. The van der Waals surface area contributed by atoms with Gasteiger partial charge in [-0.25, -0.2) is 0 Å². The molecule has 0 aromatic carbocycles. The highest BCUT2D eigenvalue weighted by molar-refractivity contribution is 5.96. The number of nitrogens with zero attached hydrogens (tertiary/aromatic N) is 2. The van der Waals surface area contributed by atoms with Gasteiger partial charge in [-0.05, 0) is 69.0 Å². The minimum absolute atomic E-state index is 0.664. The monoisotopic (exact) mass is 397 g/mol. The minimum Gasteiger partial charge on any atom is -0.353 e. The topological polar surface area (TPSA) is 69.4 Å². The van der Waals surface area contributed by atoms with Crippen molar-refractivity contribution in [3.63, 3.8) is 0 Å². The Bertz CT molecular complexity index is 1280. The van der Waals surface area contributed by atoms with Crippen molar-refractivity contribution in [1.82, 2.24) is 25.5 Å². The standard InChI is InChI=1S/C25H27N5/c1-16(18-9-12-26-13-10-18)7-8-21-17(2)24(30-29-21)23-15-20-22(28-23)11-14-27-25(20)19-5-3-4-6-19/h3,5-8,11,14-15,18,26,28-29H,2,4,9-10,12-13H2,1H3/b16-7+,21-8+. The predicted molar refractivity (Wildman–Crippen MR) is 124 cm³/mol. The summed E-state index contributed by atoms with van der Waals surface area (Å²) < 4.78 is 0. The molecule has 152 valence electrons. The van der Waals surface area contributed by atoms with Gasteiger partial charge in [0.2, 0.25) is 0 Å². The van der Waals surface area contributed by atoms with Crippen LogP contribution in [0.5, 0.6) is 0 Å². The first-order valence-electron chi connectivity index (χ1n) is 10.7. The van der Waals surface area contributed by atoms with Gasteiger partial charge in [0.15, 0.2) is 0 Å². The highest BCUT2D eigenvalue weighted by Crippen LogP contribution is 2.29. The van der Waals surface area contributed by atoms with Crippen LogP contribution in [0.2, 0.25) is 0 Å². The maximum absolute atomic E-state index is 4.61. The van der Waals surface area contributed by atoms with Gasteiger partial charge in [-0.1, -0.05) is 36.5 Å². The molecule has 3 aromatic heterocycles. The fourth-order valence-corrected chi connectivity index (χ4v) is 4.41. The van der Waals surface area contributed by atoms with E-state index in [-0.39, 0.29) is 0 Å². The van der Waals surface area contributed by atoms with Gasteiger partial charge in [0.1, 0.15) is 5.69 Å². The molecule has 1 fully saturated rings. The van der Waals surface area contributed by atoms with Crippen molar-refractivity contribution in [3.05, 3.63) is 64.5 Å². The number of piperidine rings is 1. The zero-order valence-electron chi connectivity index (χ0n) is 17.3. The number of aromatic amines is 2. The normalized spacial score (nSPS) is 18.5. The highest BCUT2D eigenvalue weighted by atomic mass is 15.1. The van der Waals surface area contributed by atoms with Gasteiger partial charge in [0, 0.05) is 22.3 Å². The van der Waals surface area contributed by atoms with E-state index in [4.69, 9.17) is 0 Å². The predicted octanol–water partition coefficient (Wildman–Crippen LogP) is 3.43. The Morgan fingerprint density at radius 1 is 1.23 bits per heavy atom. The first-order valence-corrected chi connectivity index (χ1v) is 10.7. The van der Waals surface area contributed by atoms with Gasteiger partial charge >= 0.3 is 0 Å². The molecular formula is C25H27N5. The van der Waals surface area contributed by atoms with Crippen molar-refractivity contribution < 1.29 is 0 Å². The Morgan fingerprint density at radius 3 is 2.90 bits per heavy atom. The molecule has 0 amide bonds. The van der Waals surface area contributed by atoms with Crippen LogP contribution in [0.4, 0.5) is 0 Å². The summed E-state index contributed by atoms with van der Waals surface area (Å²) in [4.78, 5) is 8.11. The molecule has 5 nitrogen and oxygen atoms in total. The van der Waals surface area contributed by atoms with Gasteiger partial charge in [-0.2, -0.15) is 5.10 Å². The molecule has 3 N–H and O–H groups in total. The number of rotatable bonds is 4. The fourth-order valence-electron chi connectivity index (χ4n) is 4.41. The molecule has 0 unspecified atom stereocenters. The Morgan fingerprint density at radius 2 is 2.10 bits per heavy atom. The van der Waals surface area contributed by atoms with Crippen molar-refractivity contribution in [3.8, 4) is 11.4 Å². The quantitative estimate of drug-likeness (QED) is 0.632. The lowest BCUT2D eigenvalue weighted by atomic mass is 9.91. The third kappa shape index (κ3) is 3.46. The lowest BCUT2D eigenvalue weighted by Gasteiger charge is -2.23. The molecule has 3 aromatic rings. The smallest absolute Gasteiger partial charge is 0.116 e. The number of nitrogens with one attached hydrogen (secondary N) is 3. The number of allylic oxidation sites excluding steroid dienone is 6. The maximum atomic E-state index is 4.61. The van der Waals surface area contributed by atoms with Crippen LogP contribution in [0.25, 0.3) is 40.5 Å². The molecule has 1 aliphatic carbocycles. The van der Waals surface area contributed by atoms with Crippen molar-refractivity contribution >= 4 is 29.1 Å². The molecule has 1 saturated heterocycles. The zero-order valence-corrected chi connectivity index (χ0v) is 17.3. The number of H-pyrrole nitrogens is 2. The molecule has 1 aliphatic heterocycles. The number of hydrogen-bond acceptors (Lipinski definition) is 3. The summed E-state index contributed by atoms with van der Waals surface area (Å²) in [5, 5.41) is 14.1. The van der Waals surface area contributed by atoms with E-state index >= 15 is 0 Å². The van der Waals surface area contributed by atoms with Crippen LogP contribution in [-0.2, 0) is 0 Å². The van der Waals surface area contributed by atoms with E-state index in [2.05, 4.69) is 75.4 Å². The Labute approximate surface area is 176 Å². The van der Waals surface area contributed by atoms with Crippen molar-refractivity contribution in [2.24, 2.45) is 5.92 Å². The van der Waals surface area contributed by atoms with Crippen LogP contribution in [0.1, 0.15) is 31.9 Å². The van der Waals surface area contributed by atoms with Crippen molar-refractivity contribution in [1.29, 1.82) is 0 Å². The molecule has 5 rings (SSSR count). The SMILES string of the molecule is C=c1c(-c2cc3c(C4=CCC=C4)nccc3[nH]2)n[nH]/c1=C/C=C(\C)C1CCNCC1. The van der Waals surface area contributed by atoms with Gasteiger partial charge < -0.3 is 10.3 Å². The summed E-state index contributed by atoms with van der Waals surface area (Å²) >= 11 is 0. The second-order valence-electron chi connectivity index (χ2n) is 8.17. The first-order chi connectivity index (χ1) is 14.7. The Balaban J connectivity index is 1.49. The van der Waals surface area contributed by atoms with Crippen LogP contribution < -0.4 is 15.9 Å². The Kier molecular flexibility index (Phi) is 4.97. The summed E-state index contributed by atoms with van der Waals surface area (Å²) in [7, 11) is 0. The number of pyridine rings is 1. The second-order valence-corrected chi connectivity index (χ2v) is 8.17. The number of fused-ring (bicyclic) bond motifs is 1. The van der Waals surface area contributed by atoms with Crippen LogP contribution in [0.15, 0.2) is 48.2 Å². The van der Waals surface area contributed by atoms with Crippen LogP contribution in [0, 0.1) is 5.92 Å². The molecule has 4 heterocycles. The third-order valence-electron chi connectivity index (χ3n) is 6.24. The van der Waals surface area contributed by atoms with Gasteiger partial charge in [-0.3, -0.25) is 10.1 Å². The summed E-state index contributed by atoms with van der Waals surface area (Å²) in [6.45, 7) is 8.73. The lowest BCUT2D eigenvalue weighted by molar-refractivity contribution is 0.420. The largest absolute Gasteiger partial charge is 0.353 e. The molecule has 2 aliphatic rings. The number of aromatic nitrogens is 4. The fraction of sp³-hybridized carbons (Fsp3) is 0.280. The van der Waals surface area contributed by atoms with E-state index in [1.807, 2.05) is 12.3 Å². The summed E-state index contributed by atoms with van der Waals surface area (Å²) in [6.07, 6.45) is 16.1. The molecular weight excluding hydrogens is 370 g/mol. The molecule has 5 heteroatoms. The molecule has 0 radical (unpaired) electrons. The Hall–Kier alpha value is -3.18. The average molecular weight is 398 g/mol. The van der Waals surface area contributed by atoms with Crippen LogP contribution in [-0.4, -0.2) is 33.3 Å². The van der Waals surface area contributed by atoms with E-state index in [9.17, 15) is 0 Å². The lowest BCUT2D eigenvalue weighted by Crippen LogP contribution is -2.28. The van der Waals surface area contributed by atoms with Crippen LogP contribution >= 0.6 is 0 Å². The average Bonchev–Trinajstić information content (AvgIpc) is 3.52. The van der Waals surface area contributed by atoms with Crippen molar-refractivity contribution in [2.45, 2.75) is 26.2 Å². The summed E-state index contributed by atoms with van der Waals surface area (Å²) in [6, 6.07) is 4.14. The van der Waals surface area contributed by atoms with Crippen molar-refractivity contribution in [2.75, 3.05) is 13.1 Å². The zero-order chi connectivity index (χ0) is 20.5. The van der Waals surface area contributed by atoms with E-state index < -0.39 is 0 Å². The minimum atomic E-state index is 0.664. The van der Waals surface area contributed by atoms with Crippen LogP contribution in [0.3, 0.4) is 0 Å². The second kappa shape index (κ2) is 7.92. The van der Waals surface area contributed by atoms with Gasteiger partial charge in [0.25, 0.3) is 0 Å². The number of hydrogen-bond donors (Lipinski definition) is 3. The van der Waals surface area contributed by atoms with E-state index in [0.717, 1.165) is 58.1 Å². The third-order valence-corrected chi connectivity index (χ3v) is 6.24. The van der Waals surface area contributed by atoms with Gasteiger partial charge in [0.05, 0.1) is 16.7 Å². The molecule has 30 heavy (non-hydrogen) atoms. The first kappa shape index (κ1) is 18.8. The molecule has 0 atom stereocenters. The highest BCUT2D eigenvalue weighted by Gasteiger charge is 2.15.